The first-order chi connectivity index (χ1) is 9.65. The lowest BCUT2D eigenvalue weighted by molar-refractivity contribution is 0.0937. The molecular weight excluding hydrogens is 256 g/mol. The second-order valence-corrected chi connectivity index (χ2v) is 5.26. The van der Waals surface area contributed by atoms with Gasteiger partial charge in [0.05, 0.1) is 14.2 Å². The summed E-state index contributed by atoms with van der Waals surface area (Å²) in [6, 6.07) is 5.31. The monoisotopic (exact) mass is 278 g/mol. The van der Waals surface area contributed by atoms with Crippen molar-refractivity contribution in [3.63, 3.8) is 0 Å². The standard InChI is InChI=1S/C15H22N2O3/c1-19-11-4-3-5-12(20-2)13(11)14(18)17-10-15(6-7-15)8-9-16/h3-5H,6-10,16H2,1-2H3,(H,17,18). The second-order valence-electron chi connectivity index (χ2n) is 5.26. The molecule has 0 bridgehead atoms. The van der Waals surface area contributed by atoms with E-state index < -0.39 is 0 Å². The molecule has 5 heteroatoms. The zero-order valence-electron chi connectivity index (χ0n) is 12.1. The molecule has 1 aromatic carbocycles. The van der Waals surface area contributed by atoms with E-state index in [1.165, 1.54) is 0 Å². The number of hydrogen-bond donors (Lipinski definition) is 2. The highest BCUT2D eigenvalue weighted by Gasteiger charge is 2.41. The van der Waals surface area contributed by atoms with Crippen LogP contribution in [0.15, 0.2) is 18.2 Å². The van der Waals surface area contributed by atoms with Gasteiger partial charge in [-0.2, -0.15) is 0 Å². The van der Waals surface area contributed by atoms with E-state index in [9.17, 15) is 4.79 Å². The number of carbonyl (C=O) groups is 1. The van der Waals surface area contributed by atoms with Gasteiger partial charge in [0.2, 0.25) is 0 Å². The Hall–Kier alpha value is -1.75. The molecule has 0 aromatic heterocycles. The maximum absolute atomic E-state index is 12.4. The second kappa shape index (κ2) is 6.13. The Balaban J connectivity index is 2.09. The highest BCUT2D eigenvalue weighted by molar-refractivity contribution is 5.99. The van der Waals surface area contributed by atoms with Gasteiger partial charge in [-0.3, -0.25) is 4.79 Å². The predicted octanol–water partition coefficient (Wildman–Crippen LogP) is 1.56. The van der Waals surface area contributed by atoms with Crippen LogP contribution in [0.25, 0.3) is 0 Å². The zero-order chi connectivity index (χ0) is 14.6. The average Bonchev–Trinajstić information content (AvgIpc) is 3.24. The number of amides is 1. The van der Waals surface area contributed by atoms with Crippen LogP contribution in [0.5, 0.6) is 11.5 Å². The number of benzene rings is 1. The first-order valence-corrected chi connectivity index (χ1v) is 6.85. The van der Waals surface area contributed by atoms with Crippen molar-refractivity contribution in [1.82, 2.24) is 5.32 Å². The van der Waals surface area contributed by atoms with E-state index in [0.717, 1.165) is 19.3 Å². The van der Waals surface area contributed by atoms with Crippen LogP contribution >= 0.6 is 0 Å². The summed E-state index contributed by atoms with van der Waals surface area (Å²) in [5.74, 6) is 0.874. The highest BCUT2D eigenvalue weighted by atomic mass is 16.5. The van der Waals surface area contributed by atoms with E-state index in [4.69, 9.17) is 15.2 Å². The van der Waals surface area contributed by atoms with Crippen LogP contribution in [-0.2, 0) is 0 Å². The topological polar surface area (TPSA) is 73.6 Å². The molecule has 0 heterocycles. The maximum Gasteiger partial charge on any atom is 0.258 e. The van der Waals surface area contributed by atoms with E-state index in [2.05, 4.69) is 5.32 Å². The molecule has 2 rings (SSSR count). The number of ether oxygens (including phenoxy) is 2. The molecule has 0 spiro atoms. The summed E-state index contributed by atoms with van der Waals surface area (Å²) in [5, 5.41) is 2.98. The zero-order valence-corrected chi connectivity index (χ0v) is 12.1. The van der Waals surface area contributed by atoms with Gasteiger partial charge in [-0.15, -0.1) is 0 Å². The molecule has 0 saturated heterocycles. The molecule has 1 aliphatic rings. The van der Waals surface area contributed by atoms with Crippen LogP contribution in [-0.4, -0.2) is 33.2 Å². The molecule has 0 radical (unpaired) electrons. The average molecular weight is 278 g/mol. The van der Waals surface area contributed by atoms with Crippen molar-refractivity contribution in [2.75, 3.05) is 27.3 Å². The van der Waals surface area contributed by atoms with Crippen molar-refractivity contribution in [2.45, 2.75) is 19.3 Å². The van der Waals surface area contributed by atoms with Gasteiger partial charge in [0.15, 0.2) is 0 Å². The third kappa shape index (κ3) is 3.04. The number of nitrogens with one attached hydrogen (secondary N) is 1. The van der Waals surface area contributed by atoms with E-state index in [1.54, 1.807) is 32.4 Å². The molecular formula is C15H22N2O3. The highest BCUT2D eigenvalue weighted by Crippen LogP contribution is 2.47. The van der Waals surface area contributed by atoms with Crippen molar-refractivity contribution in [2.24, 2.45) is 11.1 Å². The van der Waals surface area contributed by atoms with Gasteiger partial charge in [-0.25, -0.2) is 0 Å². The van der Waals surface area contributed by atoms with Crippen molar-refractivity contribution in [3.8, 4) is 11.5 Å². The van der Waals surface area contributed by atoms with Crippen molar-refractivity contribution in [1.29, 1.82) is 0 Å². The Morgan fingerprint density at radius 2 is 1.90 bits per heavy atom. The normalized spacial score (nSPS) is 15.6. The molecule has 5 nitrogen and oxygen atoms in total. The van der Waals surface area contributed by atoms with Crippen molar-refractivity contribution in [3.05, 3.63) is 23.8 Å². The summed E-state index contributed by atoms with van der Waals surface area (Å²) in [4.78, 5) is 12.4. The molecule has 1 aromatic rings. The molecule has 0 unspecified atom stereocenters. The van der Waals surface area contributed by atoms with Crippen molar-refractivity contribution < 1.29 is 14.3 Å². The Kier molecular flexibility index (Phi) is 4.49. The van der Waals surface area contributed by atoms with E-state index in [-0.39, 0.29) is 11.3 Å². The van der Waals surface area contributed by atoms with Gasteiger partial charge in [0, 0.05) is 6.54 Å². The first-order valence-electron chi connectivity index (χ1n) is 6.85. The summed E-state index contributed by atoms with van der Waals surface area (Å²) in [5.41, 5.74) is 6.26. The lowest BCUT2D eigenvalue weighted by atomic mass is 10.0. The minimum atomic E-state index is -0.164. The largest absolute Gasteiger partial charge is 0.496 e. The van der Waals surface area contributed by atoms with Gasteiger partial charge >= 0.3 is 0 Å². The lowest BCUT2D eigenvalue weighted by Crippen LogP contribution is -2.31. The molecule has 0 aliphatic heterocycles. The maximum atomic E-state index is 12.4. The molecule has 3 N–H and O–H groups in total. The summed E-state index contributed by atoms with van der Waals surface area (Å²) in [6.07, 6.45) is 3.22. The number of rotatable bonds is 7. The number of nitrogens with two attached hydrogens (primary N) is 1. The van der Waals surface area contributed by atoms with Crippen LogP contribution in [0.1, 0.15) is 29.6 Å². The van der Waals surface area contributed by atoms with Gasteiger partial charge < -0.3 is 20.5 Å². The van der Waals surface area contributed by atoms with Crippen LogP contribution in [0, 0.1) is 5.41 Å². The summed E-state index contributed by atoms with van der Waals surface area (Å²) < 4.78 is 10.5. The predicted molar refractivity (Wildman–Crippen MR) is 77.2 cm³/mol. The lowest BCUT2D eigenvalue weighted by Gasteiger charge is -2.17. The van der Waals surface area contributed by atoms with Crippen LogP contribution < -0.4 is 20.5 Å². The number of carbonyl (C=O) groups excluding carboxylic acids is 1. The van der Waals surface area contributed by atoms with Gasteiger partial charge in [0.1, 0.15) is 17.1 Å². The Morgan fingerprint density at radius 1 is 1.30 bits per heavy atom. The van der Waals surface area contributed by atoms with Crippen LogP contribution in [0.2, 0.25) is 0 Å². The Bertz CT molecular complexity index is 462. The quantitative estimate of drug-likeness (QED) is 0.794. The molecule has 110 valence electrons. The Labute approximate surface area is 119 Å². The van der Waals surface area contributed by atoms with Gasteiger partial charge in [0.25, 0.3) is 5.91 Å². The molecule has 1 fully saturated rings. The van der Waals surface area contributed by atoms with Crippen LogP contribution in [0.4, 0.5) is 0 Å². The van der Waals surface area contributed by atoms with E-state index >= 15 is 0 Å². The number of methoxy groups -OCH3 is 2. The minimum Gasteiger partial charge on any atom is -0.496 e. The molecule has 1 aliphatic carbocycles. The summed E-state index contributed by atoms with van der Waals surface area (Å²) in [6.45, 7) is 1.32. The first kappa shape index (κ1) is 14.7. The van der Waals surface area contributed by atoms with E-state index in [0.29, 0.717) is 30.2 Å². The molecule has 0 atom stereocenters. The fourth-order valence-electron chi connectivity index (χ4n) is 2.43. The SMILES string of the molecule is COc1cccc(OC)c1C(=O)NCC1(CCN)CC1. The summed E-state index contributed by atoms with van der Waals surface area (Å²) in [7, 11) is 3.09. The third-order valence-electron chi connectivity index (χ3n) is 3.91. The summed E-state index contributed by atoms with van der Waals surface area (Å²) >= 11 is 0. The van der Waals surface area contributed by atoms with E-state index in [1.807, 2.05) is 0 Å². The number of hydrogen-bond acceptors (Lipinski definition) is 4. The van der Waals surface area contributed by atoms with Gasteiger partial charge in [-0.1, -0.05) is 6.07 Å². The minimum absolute atomic E-state index is 0.164. The molecule has 20 heavy (non-hydrogen) atoms. The third-order valence-corrected chi connectivity index (χ3v) is 3.91. The smallest absolute Gasteiger partial charge is 0.258 e. The van der Waals surface area contributed by atoms with Gasteiger partial charge in [-0.05, 0) is 43.4 Å². The van der Waals surface area contributed by atoms with Crippen molar-refractivity contribution >= 4 is 5.91 Å². The van der Waals surface area contributed by atoms with Crippen LogP contribution in [0.3, 0.4) is 0 Å². The molecule has 1 amide bonds. The molecule has 1 saturated carbocycles. The Morgan fingerprint density at radius 3 is 2.35 bits per heavy atom. The fourth-order valence-corrected chi connectivity index (χ4v) is 2.43. The fraction of sp³-hybridized carbons (Fsp3) is 0.533.